The zero-order valence-corrected chi connectivity index (χ0v) is 10.4. The average molecular weight is 231 g/mol. The van der Waals surface area contributed by atoms with Crippen molar-refractivity contribution in [1.29, 1.82) is 0 Å². The van der Waals surface area contributed by atoms with Gasteiger partial charge < -0.3 is 5.32 Å². The van der Waals surface area contributed by atoms with E-state index in [9.17, 15) is 0 Å². The lowest BCUT2D eigenvalue weighted by atomic mass is 9.79. The maximum absolute atomic E-state index is 3.52. The van der Waals surface area contributed by atoms with Crippen molar-refractivity contribution in [3.63, 3.8) is 0 Å². The minimum absolute atomic E-state index is 0.764. The Labute approximate surface area is 100 Å². The topological polar surface area (TPSA) is 12.0 Å². The standard InChI is InChI=1S/C14H17NS/c1-2-15-12-7-11(8-12)14-9-10-5-3-4-6-13(10)16-14/h3-6,9,11-12,15H,2,7-8H2,1H3. The van der Waals surface area contributed by atoms with Gasteiger partial charge in [0, 0.05) is 15.6 Å². The van der Waals surface area contributed by atoms with E-state index >= 15 is 0 Å². The van der Waals surface area contributed by atoms with Crippen LogP contribution in [0.15, 0.2) is 30.3 Å². The minimum Gasteiger partial charge on any atom is -0.314 e. The molecular weight excluding hydrogens is 214 g/mol. The molecule has 2 aromatic rings. The van der Waals surface area contributed by atoms with E-state index in [2.05, 4.69) is 42.6 Å². The zero-order chi connectivity index (χ0) is 11.0. The molecule has 0 spiro atoms. The number of rotatable bonds is 3. The summed E-state index contributed by atoms with van der Waals surface area (Å²) in [4.78, 5) is 1.58. The minimum atomic E-state index is 0.764. The van der Waals surface area contributed by atoms with E-state index in [1.54, 1.807) is 4.88 Å². The van der Waals surface area contributed by atoms with Crippen LogP contribution in [0.1, 0.15) is 30.6 Å². The second-order valence-corrected chi connectivity index (χ2v) is 5.72. The van der Waals surface area contributed by atoms with Crippen LogP contribution < -0.4 is 5.32 Å². The Bertz CT molecular complexity index is 449. The Balaban J connectivity index is 1.76. The highest BCUT2D eigenvalue weighted by molar-refractivity contribution is 7.19. The van der Waals surface area contributed by atoms with Crippen molar-refractivity contribution < 1.29 is 0 Å². The maximum atomic E-state index is 3.52. The molecule has 0 aliphatic heterocycles. The van der Waals surface area contributed by atoms with Gasteiger partial charge in [0.05, 0.1) is 0 Å². The van der Waals surface area contributed by atoms with Crippen LogP contribution in [-0.4, -0.2) is 12.6 Å². The quantitative estimate of drug-likeness (QED) is 0.848. The van der Waals surface area contributed by atoms with Crippen molar-refractivity contribution in [2.75, 3.05) is 6.54 Å². The fourth-order valence-corrected chi connectivity index (χ4v) is 3.70. The third-order valence-corrected chi connectivity index (χ3v) is 4.76. The Hall–Kier alpha value is -0.860. The summed E-state index contributed by atoms with van der Waals surface area (Å²) in [5, 5.41) is 4.93. The monoisotopic (exact) mass is 231 g/mol. The number of hydrogen-bond donors (Lipinski definition) is 1. The van der Waals surface area contributed by atoms with Gasteiger partial charge in [0.1, 0.15) is 0 Å². The van der Waals surface area contributed by atoms with E-state index in [1.165, 1.54) is 22.9 Å². The van der Waals surface area contributed by atoms with Crippen molar-refractivity contribution >= 4 is 21.4 Å². The van der Waals surface area contributed by atoms with E-state index < -0.39 is 0 Å². The molecule has 1 aliphatic rings. The van der Waals surface area contributed by atoms with Crippen LogP contribution in [0.25, 0.3) is 10.1 Å². The second kappa shape index (κ2) is 4.19. The van der Waals surface area contributed by atoms with Gasteiger partial charge in [-0.1, -0.05) is 25.1 Å². The summed E-state index contributed by atoms with van der Waals surface area (Å²) in [5.41, 5.74) is 0. The van der Waals surface area contributed by atoms with Crippen molar-refractivity contribution in [2.45, 2.75) is 31.7 Å². The number of hydrogen-bond acceptors (Lipinski definition) is 2. The Morgan fingerprint density at radius 2 is 2.12 bits per heavy atom. The van der Waals surface area contributed by atoms with Gasteiger partial charge >= 0.3 is 0 Å². The first-order chi connectivity index (χ1) is 7.86. The molecule has 1 heterocycles. The highest BCUT2D eigenvalue weighted by Gasteiger charge is 2.30. The molecule has 3 rings (SSSR count). The average Bonchev–Trinajstić information content (AvgIpc) is 2.65. The van der Waals surface area contributed by atoms with E-state index in [0.29, 0.717) is 0 Å². The number of fused-ring (bicyclic) bond motifs is 1. The fraction of sp³-hybridized carbons (Fsp3) is 0.429. The molecule has 0 saturated heterocycles. The molecule has 0 atom stereocenters. The molecule has 1 aromatic carbocycles. The van der Waals surface area contributed by atoms with Crippen LogP contribution in [0.4, 0.5) is 0 Å². The molecule has 2 heteroatoms. The highest BCUT2D eigenvalue weighted by atomic mass is 32.1. The Kier molecular flexibility index (Phi) is 2.70. The SMILES string of the molecule is CCNC1CC(c2cc3ccccc3s2)C1. The summed E-state index contributed by atoms with van der Waals surface area (Å²) in [6, 6.07) is 11.8. The summed E-state index contributed by atoms with van der Waals surface area (Å²) in [6.45, 7) is 3.29. The molecule has 0 radical (unpaired) electrons. The summed E-state index contributed by atoms with van der Waals surface area (Å²) in [7, 11) is 0. The fourth-order valence-electron chi connectivity index (χ4n) is 2.51. The first kappa shape index (κ1) is 10.3. The third kappa shape index (κ3) is 1.76. The first-order valence-corrected chi connectivity index (χ1v) is 6.90. The Morgan fingerprint density at radius 1 is 1.31 bits per heavy atom. The molecule has 1 aliphatic carbocycles. The molecule has 0 bridgehead atoms. The van der Waals surface area contributed by atoms with Crippen molar-refractivity contribution in [3.05, 3.63) is 35.2 Å². The lowest BCUT2D eigenvalue weighted by molar-refractivity contribution is 0.299. The molecule has 1 nitrogen and oxygen atoms in total. The van der Waals surface area contributed by atoms with Crippen molar-refractivity contribution in [2.24, 2.45) is 0 Å². The van der Waals surface area contributed by atoms with Crippen LogP contribution in [0.3, 0.4) is 0 Å². The van der Waals surface area contributed by atoms with Gasteiger partial charge in [0.15, 0.2) is 0 Å². The molecular formula is C14H17NS. The summed E-state index contributed by atoms with van der Waals surface area (Å²) >= 11 is 1.97. The molecule has 1 fully saturated rings. The van der Waals surface area contributed by atoms with Crippen LogP contribution in [0.2, 0.25) is 0 Å². The maximum Gasteiger partial charge on any atom is 0.0345 e. The molecule has 1 saturated carbocycles. The zero-order valence-electron chi connectivity index (χ0n) is 9.57. The van der Waals surface area contributed by atoms with Gasteiger partial charge in [-0.15, -0.1) is 11.3 Å². The highest BCUT2D eigenvalue weighted by Crippen LogP contribution is 2.41. The normalized spacial score (nSPS) is 24.6. The number of benzene rings is 1. The number of nitrogens with one attached hydrogen (secondary N) is 1. The predicted octanol–water partition coefficient (Wildman–Crippen LogP) is 3.76. The van der Waals surface area contributed by atoms with Gasteiger partial charge in [0.25, 0.3) is 0 Å². The summed E-state index contributed by atoms with van der Waals surface area (Å²) in [5.74, 6) is 0.807. The molecule has 0 amide bonds. The van der Waals surface area contributed by atoms with E-state index in [-0.39, 0.29) is 0 Å². The van der Waals surface area contributed by atoms with E-state index in [0.717, 1.165) is 18.5 Å². The van der Waals surface area contributed by atoms with Gasteiger partial charge in [-0.2, -0.15) is 0 Å². The summed E-state index contributed by atoms with van der Waals surface area (Å²) < 4.78 is 1.43. The lowest BCUT2D eigenvalue weighted by Crippen LogP contribution is -2.39. The van der Waals surface area contributed by atoms with Gasteiger partial charge in [-0.25, -0.2) is 0 Å². The molecule has 84 valence electrons. The number of thiophene rings is 1. The molecule has 0 unspecified atom stereocenters. The predicted molar refractivity (Wildman–Crippen MR) is 71.3 cm³/mol. The van der Waals surface area contributed by atoms with Crippen molar-refractivity contribution in [1.82, 2.24) is 5.32 Å². The third-order valence-electron chi connectivity index (χ3n) is 3.48. The first-order valence-electron chi connectivity index (χ1n) is 6.08. The molecule has 1 N–H and O–H groups in total. The molecule has 16 heavy (non-hydrogen) atoms. The Morgan fingerprint density at radius 3 is 2.88 bits per heavy atom. The van der Waals surface area contributed by atoms with Crippen LogP contribution in [0.5, 0.6) is 0 Å². The van der Waals surface area contributed by atoms with Crippen LogP contribution in [0, 0.1) is 0 Å². The van der Waals surface area contributed by atoms with Gasteiger partial charge in [-0.05, 0) is 42.8 Å². The van der Waals surface area contributed by atoms with Crippen LogP contribution in [-0.2, 0) is 0 Å². The van der Waals surface area contributed by atoms with E-state index in [4.69, 9.17) is 0 Å². The summed E-state index contributed by atoms with van der Waals surface area (Å²) in [6.07, 6.45) is 2.64. The van der Waals surface area contributed by atoms with Gasteiger partial charge in [-0.3, -0.25) is 0 Å². The van der Waals surface area contributed by atoms with E-state index in [1.807, 2.05) is 11.3 Å². The van der Waals surface area contributed by atoms with Crippen molar-refractivity contribution in [3.8, 4) is 0 Å². The lowest BCUT2D eigenvalue weighted by Gasteiger charge is -2.35. The van der Waals surface area contributed by atoms with Crippen LogP contribution >= 0.6 is 11.3 Å². The second-order valence-electron chi connectivity index (χ2n) is 4.61. The molecule has 1 aromatic heterocycles. The largest absolute Gasteiger partial charge is 0.314 e. The van der Waals surface area contributed by atoms with Gasteiger partial charge in [0.2, 0.25) is 0 Å². The smallest absolute Gasteiger partial charge is 0.0345 e.